The third-order valence-corrected chi connectivity index (χ3v) is 8.99. The minimum Gasteiger partial charge on any atom is -0.346 e. The third kappa shape index (κ3) is 6.35. The number of nitrogens with one attached hydrogen (secondary N) is 1. The van der Waals surface area contributed by atoms with Crippen molar-refractivity contribution in [3.8, 4) is 0 Å². The van der Waals surface area contributed by atoms with Crippen molar-refractivity contribution in [2.24, 2.45) is 5.92 Å². The molecule has 0 saturated carbocycles. The smallest absolute Gasteiger partial charge is 0.241 e. The SMILES string of the molecule is CCCCN(C)C(=O)C1CCN(C(=O)CCNS(=O)(=O)c2c(C)c(C)c(C)c(C)c2C)CC1. The van der Waals surface area contributed by atoms with E-state index < -0.39 is 10.0 Å². The van der Waals surface area contributed by atoms with Crippen molar-refractivity contribution in [2.75, 3.05) is 33.2 Å². The van der Waals surface area contributed by atoms with Crippen LogP contribution in [0.25, 0.3) is 0 Å². The van der Waals surface area contributed by atoms with E-state index in [0.717, 1.165) is 47.2 Å². The second-order valence-corrected chi connectivity index (χ2v) is 11.1. The first kappa shape index (κ1) is 27.3. The Bertz CT molecular complexity index is 951. The van der Waals surface area contributed by atoms with Crippen LogP contribution in [0.5, 0.6) is 0 Å². The number of carbonyl (C=O) groups is 2. The van der Waals surface area contributed by atoms with Crippen molar-refractivity contribution in [1.82, 2.24) is 14.5 Å². The summed E-state index contributed by atoms with van der Waals surface area (Å²) in [6.07, 6.45) is 3.48. The lowest BCUT2D eigenvalue weighted by Crippen LogP contribution is -2.44. The Morgan fingerprint density at radius 1 is 0.970 bits per heavy atom. The standard InChI is InChI=1S/C25H41N3O4S/c1-8-9-14-27(7)25(30)22-11-15-28(16-12-22)23(29)10-13-26-33(31,32)24-20(5)18(3)17(2)19(4)21(24)6/h22,26H,8-16H2,1-7H3. The number of amides is 2. The molecule has 1 aliphatic heterocycles. The molecule has 0 radical (unpaired) electrons. The second-order valence-electron chi connectivity index (χ2n) is 9.37. The van der Waals surface area contributed by atoms with E-state index >= 15 is 0 Å². The molecule has 1 aromatic rings. The van der Waals surface area contributed by atoms with Gasteiger partial charge in [0.15, 0.2) is 0 Å². The fourth-order valence-electron chi connectivity index (χ4n) is 4.58. The van der Waals surface area contributed by atoms with Gasteiger partial charge >= 0.3 is 0 Å². The summed E-state index contributed by atoms with van der Waals surface area (Å²) < 4.78 is 28.7. The molecule has 1 fully saturated rings. The molecule has 0 bridgehead atoms. The number of likely N-dealkylation sites (tertiary alicyclic amines) is 1. The Morgan fingerprint density at radius 3 is 2.00 bits per heavy atom. The van der Waals surface area contributed by atoms with Gasteiger partial charge in [0.25, 0.3) is 0 Å². The van der Waals surface area contributed by atoms with Gasteiger partial charge in [0, 0.05) is 45.6 Å². The van der Waals surface area contributed by atoms with Crippen molar-refractivity contribution < 1.29 is 18.0 Å². The van der Waals surface area contributed by atoms with Crippen LogP contribution in [0.1, 0.15) is 66.8 Å². The highest BCUT2D eigenvalue weighted by atomic mass is 32.2. The molecule has 1 saturated heterocycles. The van der Waals surface area contributed by atoms with Crippen molar-refractivity contribution in [1.29, 1.82) is 0 Å². The second kappa shape index (κ2) is 11.5. The van der Waals surface area contributed by atoms with Crippen molar-refractivity contribution >= 4 is 21.8 Å². The van der Waals surface area contributed by atoms with Crippen LogP contribution in [0, 0.1) is 40.5 Å². The molecule has 7 nitrogen and oxygen atoms in total. The number of unbranched alkanes of at least 4 members (excludes halogenated alkanes) is 1. The van der Waals surface area contributed by atoms with Gasteiger partial charge in [0.1, 0.15) is 0 Å². The van der Waals surface area contributed by atoms with Gasteiger partial charge in [-0.05, 0) is 81.7 Å². The van der Waals surface area contributed by atoms with E-state index in [-0.39, 0.29) is 30.7 Å². The highest BCUT2D eigenvalue weighted by Gasteiger charge is 2.29. The summed E-state index contributed by atoms with van der Waals surface area (Å²) in [6.45, 7) is 13.6. The van der Waals surface area contributed by atoms with Crippen LogP contribution in [-0.2, 0) is 19.6 Å². The van der Waals surface area contributed by atoms with Gasteiger partial charge in [-0.15, -0.1) is 0 Å². The molecular formula is C25H41N3O4S. The lowest BCUT2D eigenvalue weighted by atomic mass is 9.95. The first-order valence-corrected chi connectivity index (χ1v) is 13.5. The van der Waals surface area contributed by atoms with Crippen LogP contribution >= 0.6 is 0 Å². The molecule has 8 heteroatoms. The van der Waals surface area contributed by atoms with Crippen LogP contribution in [0.3, 0.4) is 0 Å². The predicted molar refractivity (Wildman–Crippen MR) is 132 cm³/mol. The maximum atomic E-state index is 13.0. The molecule has 0 spiro atoms. The normalized spacial score (nSPS) is 15.1. The van der Waals surface area contributed by atoms with E-state index in [2.05, 4.69) is 11.6 Å². The number of hydrogen-bond acceptors (Lipinski definition) is 4. The van der Waals surface area contributed by atoms with E-state index in [1.165, 1.54) is 0 Å². The van der Waals surface area contributed by atoms with Crippen molar-refractivity contribution in [3.05, 3.63) is 27.8 Å². The van der Waals surface area contributed by atoms with E-state index in [1.807, 2.05) is 41.7 Å². The van der Waals surface area contributed by atoms with Gasteiger partial charge in [0.2, 0.25) is 21.8 Å². The molecule has 1 N–H and O–H groups in total. The topological polar surface area (TPSA) is 86.8 Å². The fourth-order valence-corrected chi connectivity index (χ4v) is 6.21. The van der Waals surface area contributed by atoms with E-state index in [0.29, 0.717) is 30.8 Å². The maximum absolute atomic E-state index is 13.0. The van der Waals surface area contributed by atoms with Crippen LogP contribution in [0.2, 0.25) is 0 Å². The number of benzene rings is 1. The van der Waals surface area contributed by atoms with Crippen molar-refractivity contribution in [3.63, 3.8) is 0 Å². The number of nitrogens with zero attached hydrogens (tertiary/aromatic N) is 2. The lowest BCUT2D eigenvalue weighted by Gasteiger charge is -2.33. The Hall–Kier alpha value is -1.93. The maximum Gasteiger partial charge on any atom is 0.241 e. The molecule has 0 atom stereocenters. The van der Waals surface area contributed by atoms with Crippen LogP contribution in [0.4, 0.5) is 0 Å². The first-order chi connectivity index (χ1) is 15.4. The summed E-state index contributed by atoms with van der Waals surface area (Å²) in [4.78, 5) is 29.1. The predicted octanol–water partition coefficient (Wildman–Crippen LogP) is 3.39. The quantitative estimate of drug-likeness (QED) is 0.588. The minimum absolute atomic E-state index is 0.0339. The molecule has 0 unspecified atom stereocenters. The molecule has 1 aliphatic rings. The Labute approximate surface area is 200 Å². The Morgan fingerprint density at radius 2 is 1.48 bits per heavy atom. The summed E-state index contributed by atoms with van der Waals surface area (Å²) in [5.41, 5.74) is 4.58. The van der Waals surface area contributed by atoms with E-state index in [4.69, 9.17) is 0 Å². The third-order valence-electron chi connectivity index (χ3n) is 7.25. The molecule has 33 heavy (non-hydrogen) atoms. The van der Waals surface area contributed by atoms with Gasteiger partial charge in [0.05, 0.1) is 4.90 Å². The Balaban J connectivity index is 1.91. The molecule has 0 aromatic heterocycles. The van der Waals surface area contributed by atoms with E-state index in [9.17, 15) is 18.0 Å². The summed E-state index contributed by atoms with van der Waals surface area (Å²) in [5.74, 6) is 0.0544. The van der Waals surface area contributed by atoms with Crippen LogP contribution in [0.15, 0.2) is 4.90 Å². The summed E-state index contributed by atoms with van der Waals surface area (Å²) in [6, 6.07) is 0. The summed E-state index contributed by atoms with van der Waals surface area (Å²) >= 11 is 0. The first-order valence-electron chi connectivity index (χ1n) is 12.0. The monoisotopic (exact) mass is 479 g/mol. The molecule has 1 aromatic carbocycles. The zero-order chi connectivity index (χ0) is 24.9. The minimum atomic E-state index is -3.72. The molecule has 2 amide bonds. The number of hydrogen-bond donors (Lipinski definition) is 1. The molecule has 2 rings (SSSR count). The summed E-state index contributed by atoms with van der Waals surface area (Å²) in [7, 11) is -1.87. The number of rotatable bonds is 9. The van der Waals surface area contributed by atoms with E-state index in [1.54, 1.807) is 9.80 Å². The Kier molecular flexibility index (Phi) is 9.49. The van der Waals surface area contributed by atoms with Gasteiger partial charge in [-0.2, -0.15) is 0 Å². The molecule has 186 valence electrons. The summed E-state index contributed by atoms with van der Waals surface area (Å²) in [5, 5.41) is 0. The van der Waals surface area contributed by atoms with Gasteiger partial charge in [-0.25, -0.2) is 13.1 Å². The average molecular weight is 480 g/mol. The van der Waals surface area contributed by atoms with Gasteiger partial charge in [-0.1, -0.05) is 13.3 Å². The average Bonchev–Trinajstić information content (AvgIpc) is 2.79. The van der Waals surface area contributed by atoms with Gasteiger partial charge in [-0.3, -0.25) is 9.59 Å². The number of carbonyl (C=O) groups excluding carboxylic acids is 2. The highest BCUT2D eigenvalue weighted by molar-refractivity contribution is 7.89. The van der Waals surface area contributed by atoms with Crippen LogP contribution in [-0.4, -0.2) is 63.3 Å². The number of sulfonamides is 1. The molecule has 0 aliphatic carbocycles. The largest absolute Gasteiger partial charge is 0.346 e. The molecular weight excluding hydrogens is 438 g/mol. The lowest BCUT2D eigenvalue weighted by molar-refractivity contribution is -0.139. The van der Waals surface area contributed by atoms with Gasteiger partial charge < -0.3 is 9.80 Å². The zero-order valence-corrected chi connectivity index (χ0v) is 22.2. The highest BCUT2D eigenvalue weighted by Crippen LogP contribution is 2.29. The zero-order valence-electron chi connectivity index (χ0n) is 21.4. The molecule has 1 heterocycles. The fraction of sp³-hybridized carbons (Fsp3) is 0.680. The van der Waals surface area contributed by atoms with Crippen molar-refractivity contribution in [2.45, 2.75) is 78.5 Å². The number of piperidine rings is 1. The van der Waals surface area contributed by atoms with Crippen LogP contribution < -0.4 is 4.72 Å².